The average Bonchev–Trinajstić information content (AvgIpc) is 3.32. The summed E-state index contributed by atoms with van der Waals surface area (Å²) in [4.78, 5) is 46.2. The van der Waals surface area contributed by atoms with Gasteiger partial charge in [-0.25, -0.2) is 9.36 Å². The number of carboxylic acids is 1. The van der Waals surface area contributed by atoms with Crippen molar-refractivity contribution in [2.75, 3.05) is 19.8 Å². The Balaban J connectivity index is 3.87. The number of nitrogens with one attached hydrogen (secondary N) is 1. The van der Waals surface area contributed by atoms with Crippen LogP contribution in [0, 0.1) is 0 Å². The minimum Gasteiger partial charge on any atom is -0.480 e. The maximum atomic E-state index is 12.4. The second kappa shape index (κ2) is 50.1. The van der Waals surface area contributed by atoms with Gasteiger partial charge in [0.1, 0.15) is 12.7 Å². The summed E-state index contributed by atoms with van der Waals surface area (Å²) in [5, 5.41) is 21.9. The van der Waals surface area contributed by atoms with Gasteiger partial charge in [0.25, 0.3) is 0 Å². The van der Waals surface area contributed by atoms with Crippen LogP contribution < -0.4 is 5.32 Å². The monoisotopic (exact) mass is 974 g/mol. The van der Waals surface area contributed by atoms with Gasteiger partial charge in [-0.3, -0.25) is 18.6 Å². The summed E-state index contributed by atoms with van der Waals surface area (Å²) in [5.41, 5.74) is 0. The Kier molecular flexibility index (Phi) is 47.6. The molecule has 0 aromatic heterocycles. The molecule has 0 saturated heterocycles. The number of ether oxygens (including phenoxy) is 1. The Hall–Kier alpha value is -3.34. The van der Waals surface area contributed by atoms with Gasteiger partial charge in [0, 0.05) is 12.8 Å². The van der Waals surface area contributed by atoms with Gasteiger partial charge in [-0.15, -0.1) is 0 Å². The van der Waals surface area contributed by atoms with Gasteiger partial charge in [0.05, 0.1) is 13.2 Å². The lowest BCUT2D eigenvalue weighted by molar-refractivity contribution is -0.147. The van der Waals surface area contributed by atoms with E-state index in [9.17, 15) is 34.1 Å². The molecule has 0 fully saturated rings. The molecule has 12 heteroatoms. The van der Waals surface area contributed by atoms with Gasteiger partial charge in [-0.05, 0) is 96.3 Å². The molecule has 0 spiro atoms. The van der Waals surface area contributed by atoms with Gasteiger partial charge in [-0.1, -0.05) is 195 Å². The normalized spacial score (nSPS) is 14.2. The van der Waals surface area contributed by atoms with Crippen LogP contribution in [0.1, 0.15) is 219 Å². The minimum atomic E-state index is -4.77. The second-order valence-electron chi connectivity index (χ2n) is 17.7. The SMILES string of the molecule is CCCCC/C=C\C/C=C\C/C=C\C/C=C\CCCCCCCCCC(=O)OCC(O)COP(=O)(O)OCC(NC(=O)CCCCCCCCCC/C=C\C/C=C\C/C=C\CCCCC)C(=O)O. The van der Waals surface area contributed by atoms with Crippen LogP contribution in [0.2, 0.25) is 0 Å². The van der Waals surface area contributed by atoms with E-state index in [2.05, 4.69) is 104 Å². The van der Waals surface area contributed by atoms with E-state index in [0.717, 1.165) is 96.3 Å². The van der Waals surface area contributed by atoms with Crippen LogP contribution in [0.5, 0.6) is 0 Å². The van der Waals surface area contributed by atoms with Gasteiger partial charge in [0.15, 0.2) is 6.04 Å². The molecule has 0 saturated carbocycles. The van der Waals surface area contributed by atoms with E-state index in [1.54, 1.807) is 0 Å². The summed E-state index contributed by atoms with van der Waals surface area (Å²) in [6, 6.07) is -1.56. The predicted molar refractivity (Wildman–Crippen MR) is 281 cm³/mol. The largest absolute Gasteiger partial charge is 0.480 e. The van der Waals surface area contributed by atoms with Gasteiger partial charge >= 0.3 is 19.8 Å². The highest BCUT2D eigenvalue weighted by atomic mass is 31.2. The van der Waals surface area contributed by atoms with E-state index in [1.165, 1.54) is 83.5 Å². The van der Waals surface area contributed by atoms with Crippen LogP contribution in [0.25, 0.3) is 0 Å². The fourth-order valence-electron chi connectivity index (χ4n) is 7.01. The second-order valence-corrected chi connectivity index (χ2v) is 19.2. The van der Waals surface area contributed by atoms with Crippen molar-refractivity contribution in [3.8, 4) is 0 Å². The fourth-order valence-corrected chi connectivity index (χ4v) is 7.78. The van der Waals surface area contributed by atoms with Crippen molar-refractivity contribution in [1.29, 1.82) is 0 Å². The number of phosphoric ester groups is 1. The summed E-state index contributed by atoms with van der Waals surface area (Å²) in [5.74, 6) is -2.40. The van der Waals surface area contributed by atoms with Crippen LogP contribution in [-0.2, 0) is 32.7 Å². The summed E-state index contributed by atoms with van der Waals surface area (Å²) in [7, 11) is -4.77. The van der Waals surface area contributed by atoms with E-state index < -0.39 is 57.6 Å². The first kappa shape index (κ1) is 64.7. The minimum absolute atomic E-state index is 0.132. The van der Waals surface area contributed by atoms with Gasteiger partial charge < -0.3 is 25.2 Å². The third-order valence-electron chi connectivity index (χ3n) is 11.2. The molecule has 3 unspecified atom stereocenters. The molecule has 390 valence electrons. The van der Waals surface area contributed by atoms with Crippen molar-refractivity contribution in [1.82, 2.24) is 5.32 Å². The number of amides is 1. The first-order valence-corrected chi connectivity index (χ1v) is 28.1. The quantitative estimate of drug-likeness (QED) is 0.0199. The number of carbonyl (C=O) groups excluding carboxylic acids is 2. The summed E-state index contributed by atoms with van der Waals surface area (Å²) < 4.78 is 27.0. The number of aliphatic hydroxyl groups is 1. The van der Waals surface area contributed by atoms with Crippen LogP contribution in [0.3, 0.4) is 0 Å². The van der Waals surface area contributed by atoms with Crippen molar-refractivity contribution >= 4 is 25.7 Å². The van der Waals surface area contributed by atoms with E-state index in [4.69, 9.17) is 13.8 Å². The molecular weight excluding hydrogens is 878 g/mol. The molecule has 0 aliphatic rings. The lowest BCUT2D eigenvalue weighted by Crippen LogP contribution is -2.43. The van der Waals surface area contributed by atoms with Gasteiger partial charge in [0.2, 0.25) is 5.91 Å². The predicted octanol–water partition coefficient (Wildman–Crippen LogP) is 15.0. The number of unbranched alkanes of at least 4 members (excludes halogenated alkanes) is 21. The molecule has 0 aliphatic carbocycles. The fraction of sp³-hybridized carbons (Fsp3) is 0.696. The van der Waals surface area contributed by atoms with Crippen molar-refractivity contribution in [3.63, 3.8) is 0 Å². The molecule has 0 bridgehead atoms. The summed E-state index contributed by atoms with van der Waals surface area (Å²) in [6.07, 6.45) is 63.1. The highest BCUT2D eigenvalue weighted by molar-refractivity contribution is 7.47. The number of esters is 1. The summed E-state index contributed by atoms with van der Waals surface area (Å²) >= 11 is 0. The third-order valence-corrected chi connectivity index (χ3v) is 12.1. The van der Waals surface area contributed by atoms with Gasteiger partial charge in [-0.2, -0.15) is 0 Å². The van der Waals surface area contributed by atoms with Crippen LogP contribution >= 0.6 is 7.82 Å². The molecule has 0 aromatic carbocycles. The number of rotatable bonds is 49. The Bertz CT molecular complexity index is 1470. The number of phosphoric acid groups is 1. The molecule has 0 heterocycles. The van der Waals surface area contributed by atoms with Crippen molar-refractivity contribution in [2.24, 2.45) is 0 Å². The molecular formula is C56H96NO10P. The number of aliphatic carboxylic acids is 1. The van der Waals surface area contributed by atoms with Crippen LogP contribution in [0.4, 0.5) is 0 Å². The Labute approximate surface area is 413 Å². The number of carboxylic acid groups (broad SMARTS) is 1. The topological polar surface area (TPSA) is 169 Å². The molecule has 0 radical (unpaired) electrons. The molecule has 4 N–H and O–H groups in total. The molecule has 0 rings (SSSR count). The van der Waals surface area contributed by atoms with Crippen LogP contribution in [0.15, 0.2) is 85.1 Å². The van der Waals surface area contributed by atoms with Crippen molar-refractivity contribution in [2.45, 2.75) is 231 Å². The van der Waals surface area contributed by atoms with E-state index in [-0.39, 0.29) is 12.8 Å². The highest BCUT2D eigenvalue weighted by Crippen LogP contribution is 2.43. The zero-order valence-electron chi connectivity index (χ0n) is 42.6. The Morgan fingerprint density at radius 2 is 0.809 bits per heavy atom. The maximum Gasteiger partial charge on any atom is 0.472 e. The number of hydrogen-bond acceptors (Lipinski definition) is 8. The highest BCUT2D eigenvalue weighted by Gasteiger charge is 2.28. The lowest BCUT2D eigenvalue weighted by atomic mass is 10.1. The zero-order chi connectivity index (χ0) is 49.9. The smallest absolute Gasteiger partial charge is 0.472 e. The first-order valence-electron chi connectivity index (χ1n) is 26.6. The number of aliphatic hydroxyl groups excluding tert-OH is 1. The standard InChI is InChI=1S/C56H96NO10P/c1-3-5-7-9-11-13-15-17-19-21-23-25-26-28-30-32-34-36-38-40-42-44-46-48-55(60)65-49-52(58)50-66-68(63,64)67-51-53(56(61)62)57-54(59)47-45-43-41-39-37-35-33-31-29-27-24-22-20-18-16-14-12-10-8-6-4-2/h11-14,17-20,23-25,27-28,30,52-53,58H,3-10,15-16,21-22,26,29,31-51H2,1-2H3,(H,57,59)(H,61,62)(H,63,64)/b13-11-,14-12-,19-17-,20-18-,25-23-,27-24-,30-28-. The molecule has 3 atom stereocenters. The molecule has 0 aromatic rings. The number of allylic oxidation sites excluding steroid dienone is 14. The van der Waals surface area contributed by atoms with E-state index in [1.807, 2.05) is 0 Å². The average molecular weight is 974 g/mol. The van der Waals surface area contributed by atoms with Crippen molar-refractivity contribution in [3.05, 3.63) is 85.1 Å². The third kappa shape index (κ3) is 49.1. The number of hydrogen-bond donors (Lipinski definition) is 4. The molecule has 1 amide bonds. The maximum absolute atomic E-state index is 12.4. The van der Waals surface area contributed by atoms with Crippen molar-refractivity contribution < 1.29 is 47.8 Å². The Morgan fingerprint density at radius 1 is 0.471 bits per heavy atom. The number of carbonyl (C=O) groups is 3. The first-order chi connectivity index (χ1) is 33.1. The van der Waals surface area contributed by atoms with Crippen LogP contribution in [-0.4, -0.2) is 64.9 Å². The lowest BCUT2D eigenvalue weighted by Gasteiger charge is -2.18. The molecule has 0 aliphatic heterocycles. The zero-order valence-corrected chi connectivity index (χ0v) is 43.5. The Morgan fingerprint density at radius 3 is 1.21 bits per heavy atom. The van der Waals surface area contributed by atoms with E-state index in [0.29, 0.717) is 12.8 Å². The summed E-state index contributed by atoms with van der Waals surface area (Å²) in [6.45, 7) is 2.54. The molecule has 68 heavy (non-hydrogen) atoms. The molecule has 11 nitrogen and oxygen atoms in total. The van der Waals surface area contributed by atoms with E-state index >= 15 is 0 Å².